The molecule has 126 valence electrons. The third-order valence-corrected chi connectivity index (χ3v) is 15.9. The molecule has 1 aliphatic rings. The van der Waals surface area contributed by atoms with E-state index < -0.39 is 13.3 Å². The molecule has 1 atom stereocenters. The molecule has 0 spiro atoms. The summed E-state index contributed by atoms with van der Waals surface area (Å²) < 4.78 is 10.7. The molecule has 0 aromatic heterocycles. The van der Waals surface area contributed by atoms with Crippen molar-refractivity contribution in [3.05, 3.63) is 91.0 Å². The summed E-state index contributed by atoms with van der Waals surface area (Å²) in [6, 6.07) is 33.6. The van der Waals surface area contributed by atoms with E-state index in [0.29, 0.717) is 6.10 Å². The molecular weight excluding hydrogens is 365 g/mol. The molecule has 3 aromatic rings. The first-order valence-electron chi connectivity index (χ1n) is 9.18. The van der Waals surface area contributed by atoms with E-state index in [-0.39, 0.29) is 0 Å². The Labute approximate surface area is 153 Å². The standard InChI is InChI=1S/C23H24GeO/c1-4-11-20(12-5-1)24(19-23-17-10-18-25-23,21-13-6-2-7-14-21)22-15-8-3-9-16-22/h1-9,11-16,23H,10,17-19H2. The fraction of sp³-hybridized carbons (Fsp3) is 0.217. The summed E-state index contributed by atoms with van der Waals surface area (Å²) in [6.07, 6.45) is 2.78. The molecule has 0 saturated carbocycles. The van der Waals surface area contributed by atoms with Gasteiger partial charge >= 0.3 is 153 Å². The molecule has 0 aliphatic carbocycles. The molecule has 0 bridgehead atoms. The topological polar surface area (TPSA) is 9.23 Å². The average Bonchev–Trinajstić information content (AvgIpc) is 3.21. The summed E-state index contributed by atoms with van der Waals surface area (Å²) in [5, 5.41) is 1.16. The van der Waals surface area contributed by atoms with Crippen molar-refractivity contribution in [2.45, 2.75) is 24.2 Å². The molecule has 1 nitrogen and oxygen atoms in total. The quantitative estimate of drug-likeness (QED) is 0.609. The molecule has 2 heteroatoms. The van der Waals surface area contributed by atoms with Crippen LogP contribution < -0.4 is 13.2 Å². The van der Waals surface area contributed by atoms with Gasteiger partial charge in [0.25, 0.3) is 0 Å². The van der Waals surface area contributed by atoms with Gasteiger partial charge in [-0.3, -0.25) is 0 Å². The maximum atomic E-state index is 6.12. The van der Waals surface area contributed by atoms with Gasteiger partial charge in [-0.25, -0.2) is 0 Å². The summed E-state index contributed by atoms with van der Waals surface area (Å²) in [5.74, 6) is 0. The first kappa shape index (κ1) is 16.6. The van der Waals surface area contributed by atoms with E-state index in [1.54, 1.807) is 0 Å². The maximum absolute atomic E-state index is 6.12. The molecule has 0 N–H and O–H groups in total. The third-order valence-electron chi connectivity index (χ3n) is 5.36. The van der Waals surface area contributed by atoms with Crippen molar-refractivity contribution in [2.24, 2.45) is 0 Å². The Balaban J connectivity index is 1.93. The van der Waals surface area contributed by atoms with Gasteiger partial charge in [-0.2, -0.15) is 0 Å². The van der Waals surface area contributed by atoms with Crippen LogP contribution >= 0.6 is 0 Å². The zero-order chi connectivity index (χ0) is 17.0. The van der Waals surface area contributed by atoms with Crippen LogP contribution in [0.3, 0.4) is 0 Å². The summed E-state index contributed by atoms with van der Waals surface area (Å²) >= 11 is -2.79. The zero-order valence-electron chi connectivity index (χ0n) is 14.5. The van der Waals surface area contributed by atoms with E-state index in [1.165, 1.54) is 26.0 Å². The van der Waals surface area contributed by atoms with Crippen LogP contribution in [0.5, 0.6) is 0 Å². The number of benzene rings is 3. The minimum absolute atomic E-state index is 0.389. The Hall–Kier alpha value is -1.84. The normalized spacial score (nSPS) is 17.5. The van der Waals surface area contributed by atoms with Gasteiger partial charge in [-0.05, 0) is 0 Å². The molecule has 4 rings (SSSR count). The van der Waals surface area contributed by atoms with Gasteiger partial charge in [0.2, 0.25) is 0 Å². The molecule has 25 heavy (non-hydrogen) atoms. The van der Waals surface area contributed by atoms with Crippen molar-refractivity contribution >= 4 is 26.5 Å². The van der Waals surface area contributed by atoms with Crippen molar-refractivity contribution in [2.75, 3.05) is 6.61 Å². The van der Waals surface area contributed by atoms with Crippen molar-refractivity contribution in [3.63, 3.8) is 0 Å². The Morgan fingerprint density at radius 3 is 1.48 bits per heavy atom. The van der Waals surface area contributed by atoms with Gasteiger partial charge in [-0.15, -0.1) is 0 Å². The molecular formula is C23H24GeO. The second-order valence-electron chi connectivity index (χ2n) is 6.84. The summed E-state index contributed by atoms with van der Waals surface area (Å²) in [6.45, 7) is 0.918. The van der Waals surface area contributed by atoms with Crippen LogP contribution in [0.4, 0.5) is 0 Å². The molecule has 1 aliphatic heterocycles. The molecule has 0 amide bonds. The predicted molar refractivity (Wildman–Crippen MR) is 108 cm³/mol. The van der Waals surface area contributed by atoms with E-state index in [9.17, 15) is 0 Å². The van der Waals surface area contributed by atoms with Gasteiger partial charge in [0.05, 0.1) is 0 Å². The van der Waals surface area contributed by atoms with E-state index in [1.807, 2.05) is 0 Å². The van der Waals surface area contributed by atoms with Gasteiger partial charge in [0, 0.05) is 0 Å². The Kier molecular flexibility index (Phi) is 5.05. The summed E-state index contributed by atoms with van der Waals surface area (Å²) in [5.41, 5.74) is 0. The molecule has 3 aromatic carbocycles. The van der Waals surface area contributed by atoms with E-state index in [4.69, 9.17) is 4.74 Å². The van der Waals surface area contributed by atoms with E-state index >= 15 is 0 Å². The SMILES string of the molecule is c1cc[c]([Ge]([CH2]C2CCCO2)([c]2ccccc2)[c]2ccccc2)cc1. The van der Waals surface area contributed by atoms with Gasteiger partial charge in [-0.1, -0.05) is 0 Å². The van der Waals surface area contributed by atoms with Crippen molar-refractivity contribution in [3.8, 4) is 0 Å². The summed E-state index contributed by atoms with van der Waals surface area (Å²) in [4.78, 5) is 0. The van der Waals surface area contributed by atoms with Gasteiger partial charge in [0.15, 0.2) is 0 Å². The van der Waals surface area contributed by atoms with Crippen LogP contribution in [-0.4, -0.2) is 26.0 Å². The predicted octanol–water partition coefficient (Wildman–Crippen LogP) is 3.34. The van der Waals surface area contributed by atoms with E-state index in [0.717, 1.165) is 11.9 Å². The van der Waals surface area contributed by atoms with Crippen LogP contribution in [0.15, 0.2) is 91.0 Å². The average molecular weight is 389 g/mol. The number of ether oxygens (including phenoxy) is 1. The minimum atomic E-state index is -2.79. The first-order chi connectivity index (χ1) is 12.4. The van der Waals surface area contributed by atoms with Gasteiger partial charge in [0.1, 0.15) is 0 Å². The fourth-order valence-corrected chi connectivity index (χ4v) is 14.7. The van der Waals surface area contributed by atoms with Crippen LogP contribution in [0.25, 0.3) is 0 Å². The van der Waals surface area contributed by atoms with E-state index in [2.05, 4.69) is 91.0 Å². The molecule has 1 unspecified atom stereocenters. The number of hydrogen-bond donors (Lipinski definition) is 0. The van der Waals surface area contributed by atoms with Crippen LogP contribution in [0, 0.1) is 0 Å². The van der Waals surface area contributed by atoms with Crippen molar-refractivity contribution < 1.29 is 4.74 Å². The van der Waals surface area contributed by atoms with Crippen LogP contribution in [0.1, 0.15) is 12.8 Å². The fourth-order valence-electron chi connectivity index (χ4n) is 4.17. The number of hydrogen-bond acceptors (Lipinski definition) is 1. The second kappa shape index (κ2) is 7.59. The van der Waals surface area contributed by atoms with Crippen molar-refractivity contribution in [1.82, 2.24) is 0 Å². The van der Waals surface area contributed by atoms with Gasteiger partial charge < -0.3 is 0 Å². The van der Waals surface area contributed by atoms with Crippen LogP contribution in [-0.2, 0) is 4.74 Å². The first-order valence-corrected chi connectivity index (χ1v) is 13.8. The zero-order valence-corrected chi connectivity index (χ0v) is 16.6. The molecule has 1 heterocycles. The van der Waals surface area contributed by atoms with Crippen LogP contribution in [0.2, 0.25) is 5.25 Å². The molecule has 1 saturated heterocycles. The summed E-state index contributed by atoms with van der Waals surface area (Å²) in [7, 11) is 0. The van der Waals surface area contributed by atoms with Crippen molar-refractivity contribution in [1.29, 1.82) is 0 Å². The molecule has 0 radical (unpaired) electrons. The Morgan fingerprint density at radius 2 is 1.12 bits per heavy atom. The Bertz CT molecular complexity index is 683. The molecule has 1 fully saturated rings. The monoisotopic (exact) mass is 390 g/mol. The second-order valence-corrected chi connectivity index (χ2v) is 15.1. The third kappa shape index (κ3) is 3.31. The Morgan fingerprint density at radius 1 is 0.680 bits per heavy atom. The number of rotatable bonds is 5.